The highest BCUT2D eigenvalue weighted by Gasteiger charge is 2.53. The summed E-state index contributed by atoms with van der Waals surface area (Å²) in [6.45, 7) is 2.61. The van der Waals surface area contributed by atoms with Gasteiger partial charge in [-0.15, -0.1) is 0 Å². The lowest BCUT2D eigenvalue weighted by atomic mass is 9.96. The first-order chi connectivity index (χ1) is 9.28. The van der Waals surface area contributed by atoms with Crippen LogP contribution in [0.5, 0.6) is 0 Å². The largest absolute Gasteiger partial charge is 0.376 e. The van der Waals surface area contributed by atoms with Crippen LogP contribution >= 0.6 is 11.8 Å². The number of rotatable bonds is 4. The summed E-state index contributed by atoms with van der Waals surface area (Å²) in [7, 11) is 0. The maximum absolute atomic E-state index is 5.93. The van der Waals surface area contributed by atoms with Crippen LogP contribution in [0.15, 0.2) is 4.99 Å². The molecule has 3 fully saturated rings. The molecule has 2 atom stereocenters. The summed E-state index contributed by atoms with van der Waals surface area (Å²) in [6.07, 6.45) is 6.80. The predicted molar refractivity (Wildman–Crippen MR) is 80.6 cm³/mol. The van der Waals surface area contributed by atoms with Crippen LogP contribution in [0, 0.1) is 11.3 Å². The molecule has 1 saturated carbocycles. The molecule has 4 nitrogen and oxygen atoms in total. The van der Waals surface area contributed by atoms with Crippen molar-refractivity contribution in [2.45, 2.75) is 38.2 Å². The first kappa shape index (κ1) is 13.6. The molecule has 0 aromatic heterocycles. The third-order valence-electron chi connectivity index (χ3n) is 4.86. The van der Waals surface area contributed by atoms with Crippen LogP contribution in [0.4, 0.5) is 0 Å². The number of ether oxygens (including phenoxy) is 1. The van der Waals surface area contributed by atoms with Crippen molar-refractivity contribution in [2.75, 3.05) is 31.2 Å². The van der Waals surface area contributed by atoms with E-state index in [0.29, 0.717) is 17.5 Å². The van der Waals surface area contributed by atoms with Crippen LogP contribution in [-0.4, -0.2) is 43.3 Å². The molecule has 3 N–H and O–H groups in total. The van der Waals surface area contributed by atoms with Crippen molar-refractivity contribution in [3.8, 4) is 0 Å². The maximum Gasteiger partial charge on any atom is 0.188 e. The van der Waals surface area contributed by atoms with E-state index in [4.69, 9.17) is 10.5 Å². The van der Waals surface area contributed by atoms with Gasteiger partial charge in [-0.05, 0) is 54.9 Å². The van der Waals surface area contributed by atoms with Gasteiger partial charge in [-0.2, -0.15) is 11.8 Å². The van der Waals surface area contributed by atoms with Crippen molar-refractivity contribution in [1.82, 2.24) is 5.32 Å². The molecule has 3 aliphatic rings. The maximum atomic E-state index is 5.93. The smallest absolute Gasteiger partial charge is 0.188 e. The normalized spacial score (nSPS) is 33.6. The molecule has 2 aliphatic heterocycles. The number of guanidine groups is 1. The highest BCUT2D eigenvalue weighted by atomic mass is 32.2. The Hall–Kier alpha value is -0.420. The molecule has 0 aromatic rings. The second kappa shape index (κ2) is 5.92. The molecular weight excluding hydrogens is 258 g/mol. The lowest BCUT2D eigenvalue weighted by Crippen LogP contribution is -2.37. The minimum atomic E-state index is 0.330. The highest BCUT2D eigenvalue weighted by molar-refractivity contribution is 7.99. The summed E-state index contributed by atoms with van der Waals surface area (Å²) in [6, 6.07) is 0. The van der Waals surface area contributed by atoms with Gasteiger partial charge in [0.05, 0.1) is 6.10 Å². The molecule has 19 heavy (non-hydrogen) atoms. The second-order valence-corrected chi connectivity index (χ2v) is 7.34. The van der Waals surface area contributed by atoms with E-state index in [-0.39, 0.29) is 0 Å². The van der Waals surface area contributed by atoms with Crippen LogP contribution in [0.1, 0.15) is 32.1 Å². The average molecular weight is 283 g/mol. The molecule has 2 heterocycles. The fourth-order valence-corrected chi connectivity index (χ4v) is 4.67. The Labute approximate surface area is 119 Å². The molecule has 0 amide bonds. The second-order valence-electron chi connectivity index (χ2n) is 6.12. The van der Waals surface area contributed by atoms with Crippen molar-refractivity contribution in [2.24, 2.45) is 22.1 Å². The Morgan fingerprint density at radius 2 is 2.26 bits per heavy atom. The summed E-state index contributed by atoms with van der Waals surface area (Å²) < 4.78 is 5.56. The monoisotopic (exact) mass is 283 g/mol. The van der Waals surface area contributed by atoms with E-state index in [1.165, 1.54) is 37.2 Å². The number of nitrogens with zero attached hydrogens (tertiary/aromatic N) is 1. The quantitative estimate of drug-likeness (QED) is 0.608. The molecular formula is C14H25N3OS. The number of nitrogens with two attached hydrogens (primary N) is 1. The van der Waals surface area contributed by atoms with Crippen LogP contribution in [0.3, 0.4) is 0 Å². The van der Waals surface area contributed by atoms with Gasteiger partial charge < -0.3 is 15.8 Å². The van der Waals surface area contributed by atoms with Gasteiger partial charge in [0.25, 0.3) is 0 Å². The summed E-state index contributed by atoms with van der Waals surface area (Å²) in [5.41, 5.74) is 6.57. The zero-order chi connectivity index (χ0) is 13.1. The topological polar surface area (TPSA) is 59.6 Å². The van der Waals surface area contributed by atoms with E-state index in [0.717, 1.165) is 32.0 Å². The van der Waals surface area contributed by atoms with E-state index >= 15 is 0 Å². The highest BCUT2D eigenvalue weighted by Crippen LogP contribution is 2.60. The van der Waals surface area contributed by atoms with Gasteiger partial charge in [-0.1, -0.05) is 0 Å². The molecule has 1 aliphatic carbocycles. The molecule has 108 valence electrons. The van der Waals surface area contributed by atoms with E-state index in [1.807, 2.05) is 0 Å². The fourth-order valence-electron chi connectivity index (χ4n) is 3.37. The molecule has 2 saturated heterocycles. The Bertz CT molecular complexity index is 336. The minimum Gasteiger partial charge on any atom is -0.376 e. The van der Waals surface area contributed by atoms with E-state index < -0.39 is 0 Å². The van der Waals surface area contributed by atoms with Crippen molar-refractivity contribution in [1.29, 1.82) is 0 Å². The molecule has 5 heteroatoms. The summed E-state index contributed by atoms with van der Waals surface area (Å²) in [5.74, 6) is 4.07. The first-order valence-corrected chi connectivity index (χ1v) is 8.67. The van der Waals surface area contributed by atoms with Crippen molar-refractivity contribution in [3.05, 3.63) is 0 Å². The molecule has 3 rings (SSSR count). The summed E-state index contributed by atoms with van der Waals surface area (Å²) in [4.78, 5) is 4.52. The predicted octanol–water partition coefficient (Wildman–Crippen LogP) is 1.60. The van der Waals surface area contributed by atoms with Gasteiger partial charge in [0.15, 0.2) is 5.96 Å². The number of aliphatic imine (C=N–C) groups is 1. The molecule has 2 unspecified atom stereocenters. The molecule has 0 radical (unpaired) electrons. The van der Waals surface area contributed by atoms with Gasteiger partial charge >= 0.3 is 0 Å². The summed E-state index contributed by atoms with van der Waals surface area (Å²) >= 11 is 2.10. The Balaban J connectivity index is 1.37. The Kier molecular flexibility index (Phi) is 4.22. The lowest BCUT2D eigenvalue weighted by Gasteiger charge is -2.21. The van der Waals surface area contributed by atoms with Crippen LogP contribution < -0.4 is 11.1 Å². The van der Waals surface area contributed by atoms with Crippen molar-refractivity contribution >= 4 is 17.7 Å². The van der Waals surface area contributed by atoms with E-state index in [2.05, 4.69) is 22.1 Å². The molecule has 0 aromatic carbocycles. The van der Waals surface area contributed by atoms with Gasteiger partial charge in [-0.25, -0.2) is 0 Å². The van der Waals surface area contributed by atoms with Crippen LogP contribution in [0.2, 0.25) is 0 Å². The third-order valence-corrected chi connectivity index (χ3v) is 5.85. The van der Waals surface area contributed by atoms with E-state index in [9.17, 15) is 0 Å². The number of nitrogens with one attached hydrogen (secondary N) is 1. The Morgan fingerprint density at radius 3 is 3.00 bits per heavy atom. The van der Waals surface area contributed by atoms with E-state index in [1.54, 1.807) is 0 Å². The molecule has 0 bridgehead atoms. The van der Waals surface area contributed by atoms with Crippen molar-refractivity contribution < 1.29 is 4.74 Å². The van der Waals surface area contributed by atoms with Crippen LogP contribution in [-0.2, 0) is 4.74 Å². The minimum absolute atomic E-state index is 0.330. The third kappa shape index (κ3) is 3.37. The Morgan fingerprint density at radius 1 is 1.42 bits per heavy atom. The van der Waals surface area contributed by atoms with Gasteiger partial charge in [-0.3, -0.25) is 4.99 Å². The van der Waals surface area contributed by atoms with Crippen molar-refractivity contribution in [3.63, 3.8) is 0 Å². The number of thioether (sulfide) groups is 1. The summed E-state index contributed by atoms with van der Waals surface area (Å²) in [5, 5.41) is 3.20. The zero-order valence-corrected chi connectivity index (χ0v) is 12.4. The van der Waals surface area contributed by atoms with Gasteiger partial charge in [0.1, 0.15) is 0 Å². The van der Waals surface area contributed by atoms with Gasteiger partial charge in [0.2, 0.25) is 0 Å². The lowest BCUT2D eigenvalue weighted by molar-refractivity contribution is 0.114. The number of hydrogen-bond acceptors (Lipinski definition) is 3. The SMILES string of the molecule is NC(=NCC1CC12CCSCC2)NCC1CCCO1. The zero-order valence-electron chi connectivity index (χ0n) is 11.6. The number of hydrogen-bond donors (Lipinski definition) is 2. The average Bonchev–Trinajstić information content (AvgIpc) is 2.88. The van der Waals surface area contributed by atoms with Crippen LogP contribution in [0.25, 0.3) is 0 Å². The standard InChI is InChI=1S/C14H25N3OS/c15-13(17-10-12-2-1-5-18-12)16-9-11-8-14(11)3-6-19-7-4-14/h11-12H,1-10H2,(H3,15,16,17). The van der Waals surface area contributed by atoms with Gasteiger partial charge in [0, 0.05) is 19.7 Å². The fraction of sp³-hybridized carbons (Fsp3) is 0.929. The first-order valence-electron chi connectivity index (χ1n) is 7.52. The molecule has 1 spiro atoms.